The number of ether oxygens (including phenoxy) is 2. The maximum atomic E-state index is 15.0. The summed E-state index contributed by atoms with van der Waals surface area (Å²) in [5.74, 6) is -15.8. The molecule has 0 unspecified atom stereocenters. The molecular weight excluding hydrogens is 1260 g/mol. The van der Waals surface area contributed by atoms with Crippen molar-refractivity contribution in [2.75, 3.05) is 13.2 Å². The van der Waals surface area contributed by atoms with Crippen LogP contribution in [0.25, 0.3) is 0 Å². The van der Waals surface area contributed by atoms with Gasteiger partial charge in [-0.2, -0.15) is 0 Å². The SMILES string of the molecule is CCCCCCCC[C@@H]1NC(=O)[C@@H](CC(C)C)NC(=O)[C@H]([C@@H](C)O)NC(=O)[C@@H](CC(C)C)NC(=O)[C@H](CC(N)=O)NC(=O)[C@@H](CC(N)=O)NC(=O)[C@H](C)NC(=O)[C@H]([C@@H](C)O)NC(=O)[C@H](CCCN2C=C3C(=O)[C@](C)(OC(=O)CCC)C(=O)C(Cl)=C3[C@H](O)[C@@]23CCCO3)NC1=O. The first-order valence-electron chi connectivity index (χ1n) is 32.7. The number of rotatable bonds is 24. The molecule has 0 saturated carbocycles. The van der Waals surface area contributed by atoms with Gasteiger partial charge in [0.25, 0.3) is 0 Å². The fourth-order valence-corrected chi connectivity index (χ4v) is 12.0. The van der Waals surface area contributed by atoms with Crippen LogP contribution in [0.5, 0.6) is 0 Å². The zero-order chi connectivity index (χ0) is 71.4. The minimum Gasteiger partial charge on any atom is -0.442 e. The van der Waals surface area contributed by atoms with Crippen molar-refractivity contribution in [3.63, 3.8) is 0 Å². The van der Waals surface area contributed by atoms with E-state index in [2.05, 4.69) is 47.9 Å². The Labute approximate surface area is 558 Å². The number of primary amides is 2. The first-order chi connectivity index (χ1) is 44.5. The van der Waals surface area contributed by atoms with Crippen LogP contribution in [0, 0.1) is 11.8 Å². The van der Waals surface area contributed by atoms with Gasteiger partial charge < -0.3 is 89.0 Å². The van der Waals surface area contributed by atoms with Crippen molar-refractivity contribution in [3.8, 4) is 0 Å². The number of Topliss-reactive ketones (excluding diaryl/α,β-unsaturated/α-hetero) is 2. The molecule has 1 spiro atoms. The van der Waals surface area contributed by atoms with Gasteiger partial charge in [-0.3, -0.25) is 67.1 Å². The minimum atomic E-state index is -2.42. The largest absolute Gasteiger partial charge is 0.442 e. The zero-order valence-electron chi connectivity index (χ0n) is 55.9. The Kier molecular flexibility index (Phi) is 30.7. The minimum absolute atomic E-state index is 0.0310. The Morgan fingerprint density at radius 1 is 0.600 bits per heavy atom. The molecule has 0 aromatic rings. The highest BCUT2D eigenvalue weighted by atomic mass is 35.5. The van der Waals surface area contributed by atoms with Crippen molar-refractivity contribution in [1.29, 1.82) is 0 Å². The summed E-state index contributed by atoms with van der Waals surface area (Å²) >= 11 is 6.67. The second-order valence-corrected chi connectivity index (χ2v) is 26.3. The number of unbranched alkanes of at least 4 members (excludes halogenated alkanes) is 5. The molecule has 31 nitrogen and oxygen atoms in total. The Hall–Kier alpha value is -7.61. The van der Waals surface area contributed by atoms with E-state index >= 15 is 4.79 Å². The molecule has 0 radical (unpaired) electrons. The van der Waals surface area contributed by atoms with Gasteiger partial charge in [-0.25, -0.2) is 0 Å². The molecular formula is C63H99ClN12O19. The third-order valence-corrected chi connectivity index (χ3v) is 17.1. The summed E-state index contributed by atoms with van der Waals surface area (Å²) in [6.07, 6.45) is -1.28. The third-order valence-electron chi connectivity index (χ3n) is 16.8. The maximum Gasteiger partial charge on any atom is 0.307 e. The van der Waals surface area contributed by atoms with E-state index in [-0.39, 0.29) is 81.1 Å². The normalized spacial score (nSPS) is 28.9. The van der Waals surface area contributed by atoms with E-state index in [9.17, 15) is 77.6 Å². The van der Waals surface area contributed by atoms with Crippen LogP contribution in [0.2, 0.25) is 0 Å². The lowest BCUT2D eigenvalue weighted by Crippen LogP contribution is -2.62. The van der Waals surface area contributed by atoms with Gasteiger partial charge in [0.1, 0.15) is 60.5 Å². The lowest BCUT2D eigenvalue weighted by atomic mass is 9.74. The van der Waals surface area contributed by atoms with Gasteiger partial charge in [-0.05, 0) is 84.5 Å². The van der Waals surface area contributed by atoms with Crippen molar-refractivity contribution < 1.29 is 91.9 Å². The second kappa shape index (κ2) is 36.5. The summed E-state index contributed by atoms with van der Waals surface area (Å²) in [6.45, 7) is 15.0. The van der Waals surface area contributed by atoms with Gasteiger partial charge >= 0.3 is 5.97 Å². The number of carbonyl (C=O) groups excluding carboxylic acids is 14. The van der Waals surface area contributed by atoms with Crippen LogP contribution in [0.3, 0.4) is 0 Å². The summed E-state index contributed by atoms with van der Waals surface area (Å²) in [5.41, 5.74) is 6.34. The number of esters is 1. The number of hydrogen-bond acceptors (Lipinski definition) is 20. The number of nitrogens with one attached hydrogen (secondary N) is 9. The van der Waals surface area contributed by atoms with Crippen LogP contribution in [0.4, 0.5) is 0 Å². The molecule has 4 aliphatic rings. The average molecular weight is 1360 g/mol. The maximum absolute atomic E-state index is 15.0. The van der Waals surface area contributed by atoms with Crippen molar-refractivity contribution in [2.24, 2.45) is 23.3 Å². The Morgan fingerprint density at radius 3 is 1.52 bits per heavy atom. The summed E-state index contributed by atoms with van der Waals surface area (Å²) in [5, 5.41) is 55.9. The topological polar surface area (TPSA) is 482 Å². The van der Waals surface area contributed by atoms with E-state index in [1.54, 1.807) is 34.6 Å². The lowest BCUT2D eigenvalue weighted by Gasteiger charge is -2.49. The molecule has 14 atom stereocenters. The van der Waals surface area contributed by atoms with Crippen molar-refractivity contribution >= 4 is 94.1 Å². The molecule has 3 aliphatic heterocycles. The summed E-state index contributed by atoms with van der Waals surface area (Å²) < 4.78 is 11.7. The first-order valence-corrected chi connectivity index (χ1v) is 33.1. The molecule has 4 rings (SSSR count). The number of carbonyl (C=O) groups is 14. The molecule has 2 fully saturated rings. The number of aliphatic hydroxyl groups excluding tert-OH is 3. The van der Waals surface area contributed by atoms with Gasteiger partial charge in [0, 0.05) is 43.3 Å². The van der Waals surface area contributed by atoms with Crippen LogP contribution in [0.15, 0.2) is 22.4 Å². The van der Waals surface area contributed by atoms with Gasteiger partial charge in [0.2, 0.25) is 82.1 Å². The number of nitrogens with zero attached hydrogens (tertiary/aromatic N) is 1. The number of nitrogens with two attached hydrogens (primary N) is 2. The number of halogens is 1. The lowest BCUT2D eigenvalue weighted by molar-refractivity contribution is -0.174. The predicted octanol–water partition coefficient (Wildman–Crippen LogP) is -1.67. The van der Waals surface area contributed by atoms with E-state index in [1.807, 2.05) is 6.92 Å². The van der Waals surface area contributed by atoms with Gasteiger partial charge in [0.15, 0.2) is 5.72 Å². The molecule has 0 bridgehead atoms. The molecule has 2 saturated heterocycles. The van der Waals surface area contributed by atoms with E-state index in [4.69, 9.17) is 32.5 Å². The molecule has 95 heavy (non-hydrogen) atoms. The molecule has 0 aromatic carbocycles. The second-order valence-electron chi connectivity index (χ2n) is 25.9. The molecule has 32 heteroatoms. The summed E-state index contributed by atoms with van der Waals surface area (Å²) in [4.78, 5) is 196. The van der Waals surface area contributed by atoms with Crippen molar-refractivity contribution in [2.45, 2.75) is 262 Å². The highest BCUT2D eigenvalue weighted by Gasteiger charge is 2.60. The summed E-state index contributed by atoms with van der Waals surface area (Å²) in [7, 11) is 0. The smallest absolute Gasteiger partial charge is 0.307 e. The van der Waals surface area contributed by atoms with Crippen LogP contribution in [-0.4, -0.2) is 200 Å². The quantitative estimate of drug-likeness (QED) is 0.0292. The Morgan fingerprint density at radius 2 is 1.03 bits per heavy atom. The highest BCUT2D eigenvalue weighted by molar-refractivity contribution is 6.49. The molecule has 532 valence electrons. The molecule has 0 aromatic heterocycles. The number of hydrogen-bond donors (Lipinski definition) is 14. The highest BCUT2D eigenvalue weighted by Crippen LogP contribution is 2.48. The summed E-state index contributed by atoms with van der Waals surface area (Å²) in [6, 6.07) is -15.3. The van der Waals surface area contributed by atoms with Crippen LogP contribution in [0.1, 0.15) is 178 Å². The van der Waals surface area contributed by atoms with E-state index in [0.29, 0.717) is 25.7 Å². The molecule has 11 amide bonds. The van der Waals surface area contributed by atoms with Gasteiger partial charge in [-0.15, -0.1) is 0 Å². The van der Waals surface area contributed by atoms with E-state index < -0.39 is 184 Å². The van der Waals surface area contributed by atoms with Crippen LogP contribution in [-0.2, 0) is 76.6 Å². The van der Waals surface area contributed by atoms with Crippen LogP contribution < -0.4 is 59.3 Å². The van der Waals surface area contributed by atoms with Crippen molar-refractivity contribution in [3.05, 3.63) is 22.4 Å². The van der Waals surface area contributed by atoms with Crippen molar-refractivity contribution in [1.82, 2.24) is 52.8 Å². The predicted molar refractivity (Wildman–Crippen MR) is 341 cm³/mol. The molecule has 1 aliphatic carbocycles. The monoisotopic (exact) mass is 1360 g/mol. The third kappa shape index (κ3) is 22.0. The van der Waals surface area contributed by atoms with Gasteiger partial charge in [-0.1, -0.05) is 91.7 Å². The van der Waals surface area contributed by atoms with Gasteiger partial charge in [0.05, 0.1) is 30.1 Å². The fourth-order valence-electron chi connectivity index (χ4n) is 11.6. The Bertz CT molecular complexity index is 2910. The first kappa shape index (κ1) is 79.8. The van der Waals surface area contributed by atoms with Crippen LogP contribution >= 0.6 is 11.6 Å². The molecule has 3 heterocycles. The zero-order valence-corrected chi connectivity index (χ0v) is 56.7. The standard InChI is InChI=1S/C63H99ClN12O19/c1-11-13-14-15-16-17-21-37-54(86)68-38(22-18-24-76-30-36-46(51(83)63(76)23-19-25-94-63)47(64)52(84)62(10,50(36)82)95-45(81)20-12-2)55(87)74-48(34(8)77)60(92)67-33(7)53(85)70-41(28-43(65)79)57(89)72-42(29-44(66)80)58(90)71-40(27-32(5)6)59(91)75-49(35(9)78)61(93)73-39(26-31(3)4)56(88)69-37/h30-35,37-42,48-49,51,77-78,83H,11-29H2,1-10H3,(H2,65,79)(H2,66,80)(H,67,92)(H,68,86)(H,69,88)(H,70,85)(H,71,90)(H,72,89)(H,73,93)(H,74,87)(H,75,91)/t33-,34+,35+,37-,38-,39+,40+,41+,42-,48-,49-,51-,62-,63-/m0/s1. The number of aliphatic hydroxyl groups is 3. The van der Waals surface area contributed by atoms with E-state index in [1.165, 1.54) is 18.0 Å². The molecule has 16 N–H and O–H groups in total. The Balaban J connectivity index is 1.89. The number of ketones is 2. The fraction of sp³-hybridized carbons (Fsp3) is 0.714. The van der Waals surface area contributed by atoms with E-state index in [0.717, 1.165) is 46.5 Å². The average Bonchev–Trinajstić information content (AvgIpc) is 1.65. The number of amides is 11. The number of fused-ring (bicyclic) bond motifs is 1.